The topological polar surface area (TPSA) is 75.7 Å². The van der Waals surface area contributed by atoms with Gasteiger partial charge in [0.1, 0.15) is 12.3 Å². The lowest BCUT2D eigenvalue weighted by molar-refractivity contribution is -0.114. The Labute approximate surface area is 156 Å². The van der Waals surface area contributed by atoms with E-state index in [-0.39, 0.29) is 10.7 Å². The Morgan fingerprint density at radius 3 is 2.28 bits per heavy atom. The third kappa shape index (κ3) is 5.26. The Hall–Kier alpha value is -1.96. The quantitative estimate of drug-likeness (QED) is 0.802. The van der Waals surface area contributed by atoms with E-state index in [1.165, 1.54) is 25.3 Å². The number of anilines is 2. The first-order valence-electron chi connectivity index (χ1n) is 7.07. The fraction of sp³-hybridized carbons (Fsp3) is 0.188. The Bertz CT molecular complexity index is 870. The molecule has 25 heavy (non-hydrogen) atoms. The van der Waals surface area contributed by atoms with Crippen LogP contribution in [0.15, 0.2) is 42.5 Å². The summed E-state index contributed by atoms with van der Waals surface area (Å²) < 4.78 is 30.1. The number of sulfonamides is 1. The number of ether oxygens (including phenoxy) is 1. The van der Waals surface area contributed by atoms with E-state index in [2.05, 4.69) is 5.32 Å². The average Bonchev–Trinajstić information content (AvgIpc) is 2.55. The van der Waals surface area contributed by atoms with Crippen molar-refractivity contribution in [2.24, 2.45) is 0 Å². The van der Waals surface area contributed by atoms with Crippen LogP contribution in [0.3, 0.4) is 0 Å². The normalized spacial score (nSPS) is 11.0. The van der Waals surface area contributed by atoms with Gasteiger partial charge in [-0.3, -0.25) is 9.10 Å². The van der Waals surface area contributed by atoms with Crippen LogP contribution in [0, 0.1) is 0 Å². The lowest BCUT2D eigenvalue weighted by Gasteiger charge is -2.22. The highest BCUT2D eigenvalue weighted by Crippen LogP contribution is 2.28. The van der Waals surface area contributed by atoms with Crippen LogP contribution >= 0.6 is 23.2 Å². The predicted molar refractivity (Wildman–Crippen MR) is 100 cm³/mol. The molecule has 0 aliphatic carbocycles. The second-order valence-electron chi connectivity index (χ2n) is 5.14. The molecule has 1 amide bonds. The number of hydrogen-bond acceptors (Lipinski definition) is 4. The molecule has 0 aromatic heterocycles. The third-order valence-electron chi connectivity index (χ3n) is 3.25. The van der Waals surface area contributed by atoms with E-state index in [4.69, 9.17) is 27.9 Å². The minimum absolute atomic E-state index is 0.198. The van der Waals surface area contributed by atoms with Crippen LogP contribution < -0.4 is 14.4 Å². The van der Waals surface area contributed by atoms with E-state index in [0.717, 1.165) is 10.6 Å². The molecule has 0 atom stereocenters. The molecule has 1 N–H and O–H groups in total. The van der Waals surface area contributed by atoms with Crippen molar-refractivity contribution in [2.75, 3.05) is 29.5 Å². The molecular formula is C16H16Cl2N2O4S. The van der Waals surface area contributed by atoms with E-state index in [1.807, 2.05) is 0 Å². The number of benzene rings is 2. The van der Waals surface area contributed by atoms with Gasteiger partial charge in [0.05, 0.1) is 29.1 Å². The lowest BCUT2D eigenvalue weighted by atomic mass is 10.3. The molecule has 2 aromatic rings. The van der Waals surface area contributed by atoms with Crippen molar-refractivity contribution in [2.45, 2.75) is 0 Å². The van der Waals surface area contributed by atoms with E-state index >= 15 is 0 Å². The van der Waals surface area contributed by atoms with Crippen LogP contribution in [-0.2, 0) is 14.8 Å². The Morgan fingerprint density at radius 1 is 1.12 bits per heavy atom. The van der Waals surface area contributed by atoms with Crippen LogP contribution in [0.2, 0.25) is 10.0 Å². The zero-order chi connectivity index (χ0) is 18.6. The van der Waals surface area contributed by atoms with Gasteiger partial charge in [-0.25, -0.2) is 8.42 Å². The Morgan fingerprint density at radius 2 is 1.76 bits per heavy atom. The summed E-state index contributed by atoms with van der Waals surface area (Å²) in [6, 6.07) is 11.0. The van der Waals surface area contributed by atoms with Gasteiger partial charge < -0.3 is 10.1 Å². The van der Waals surface area contributed by atoms with E-state index in [1.54, 1.807) is 24.3 Å². The van der Waals surface area contributed by atoms with Gasteiger partial charge in [0, 0.05) is 5.69 Å². The number of amides is 1. The molecule has 0 radical (unpaired) electrons. The van der Waals surface area contributed by atoms with Crippen molar-refractivity contribution in [1.29, 1.82) is 0 Å². The first kappa shape index (κ1) is 19.4. The monoisotopic (exact) mass is 402 g/mol. The van der Waals surface area contributed by atoms with Crippen LogP contribution in [0.5, 0.6) is 5.75 Å². The summed E-state index contributed by atoms with van der Waals surface area (Å²) in [6.07, 6.45) is 1.01. The van der Waals surface area contributed by atoms with Gasteiger partial charge in [0.2, 0.25) is 15.9 Å². The largest absolute Gasteiger partial charge is 0.497 e. The van der Waals surface area contributed by atoms with Gasteiger partial charge in [0.15, 0.2) is 0 Å². The molecule has 134 valence electrons. The minimum atomic E-state index is -3.69. The maximum Gasteiger partial charge on any atom is 0.245 e. The Kier molecular flexibility index (Phi) is 6.16. The third-order valence-corrected chi connectivity index (χ3v) is 5.13. The molecular weight excluding hydrogens is 387 g/mol. The zero-order valence-corrected chi connectivity index (χ0v) is 15.8. The fourth-order valence-electron chi connectivity index (χ4n) is 2.05. The van der Waals surface area contributed by atoms with Gasteiger partial charge in [-0.15, -0.1) is 0 Å². The summed E-state index contributed by atoms with van der Waals surface area (Å²) in [7, 11) is -2.16. The molecule has 0 aliphatic heterocycles. The van der Waals surface area contributed by atoms with E-state index in [0.29, 0.717) is 16.5 Å². The van der Waals surface area contributed by atoms with Crippen molar-refractivity contribution < 1.29 is 17.9 Å². The molecule has 2 rings (SSSR count). The molecule has 6 nitrogen and oxygen atoms in total. The zero-order valence-electron chi connectivity index (χ0n) is 13.5. The predicted octanol–water partition coefficient (Wildman–Crippen LogP) is 3.41. The lowest BCUT2D eigenvalue weighted by Crippen LogP contribution is -2.37. The summed E-state index contributed by atoms with van der Waals surface area (Å²) in [5, 5.41) is 3.12. The standard InChI is InChI=1S/C16H16Cl2N2O4S/c1-24-13-6-3-11(4-7-13)19-16(21)10-20(25(2,22)23)12-5-8-14(17)15(18)9-12/h3-9H,10H2,1-2H3,(H,19,21). The molecule has 0 aliphatic rings. The summed E-state index contributed by atoms with van der Waals surface area (Å²) in [5.41, 5.74) is 0.773. The number of carbonyl (C=O) groups is 1. The minimum Gasteiger partial charge on any atom is -0.497 e. The second kappa shape index (κ2) is 7.95. The molecule has 0 saturated heterocycles. The summed E-state index contributed by atoms with van der Waals surface area (Å²) in [6.45, 7) is -0.400. The Balaban J connectivity index is 2.18. The van der Waals surface area contributed by atoms with Crippen LogP contribution in [-0.4, -0.2) is 34.2 Å². The van der Waals surface area contributed by atoms with Crippen molar-refractivity contribution >= 4 is 50.5 Å². The van der Waals surface area contributed by atoms with Gasteiger partial charge in [-0.05, 0) is 42.5 Å². The molecule has 0 heterocycles. The molecule has 0 saturated carbocycles. The van der Waals surface area contributed by atoms with Crippen molar-refractivity contribution in [3.05, 3.63) is 52.5 Å². The fourth-order valence-corrected chi connectivity index (χ4v) is 3.19. The van der Waals surface area contributed by atoms with Gasteiger partial charge >= 0.3 is 0 Å². The number of rotatable bonds is 6. The van der Waals surface area contributed by atoms with Gasteiger partial charge in [0.25, 0.3) is 0 Å². The smallest absolute Gasteiger partial charge is 0.245 e. The number of halogens is 2. The molecule has 0 fully saturated rings. The summed E-state index contributed by atoms with van der Waals surface area (Å²) in [4.78, 5) is 12.2. The second-order valence-corrected chi connectivity index (χ2v) is 7.87. The van der Waals surface area contributed by atoms with Crippen molar-refractivity contribution in [3.8, 4) is 5.75 Å². The highest BCUT2D eigenvalue weighted by atomic mass is 35.5. The van der Waals surface area contributed by atoms with Gasteiger partial charge in [-0.1, -0.05) is 23.2 Å². The molecule has 9 heteroatoms. The first-order valence-corrected chi connectivity index (χ1v) is 9.68. The maximum absolute atomic E-state index is 12.2. The highest BCUT2D eigenvalue weighted by Gasteiger charge is 2.21. The number of carbonyl (C=O) groups excluding carboxylic acids is 1. The molecule has 0 bridgehead atoms. The molecule has 2 aromatic carbocycles. The summed E-state index contributed by atoms with van der Waals surface area (Å²) >= 11 is 11.8. The molecule has 0 spiro atoms. The van der Waals surface area contributed by atoms with E-state index < -0.39 is 22.5 Å². The van der Waals surface area contributed by atoms with Crippen LogP contribution in [0.25, 0.3) is 0 Å². The number of nitrogens with one attached hydrogen (secondary N) is 1. The highest BCUT2D eigenvalue weighted by molar-refractivity contribution is 7.92. The number of methoxy groups -OCH3 is 1. The number of nitrogens with zero attached hydrogens (tertiary/aromatic N) is 1. The van der Waals surface area contributed by atoms with Crippen LogP contribution in [0.1, 0.15) is 0 Å². The van der Waals surface area contributed by atoms with Crippen molar-refractivity contribution in [1.82, 2.24) is 0 Å². The van der Waals surface area contributed by atoms with E-state index in [9.17, 15) is 13.2 Å². The van der Waals surface area contributed by atoms with Crippen molar-refractivity contribution in [3.63, 3.8) is 0 Å². The maximum atomic E-state index is 12.2. The summed E-state index contributed by atoms with van der Waals surface area (Å²) in [5.74, 6) is 0.147. The van der Waals surface area contributed by atoms with Crippen LogP contribution in [0.4, 0.5) is 11.4 Å². The molecule has 0 unspecified atom stereocenters. The first-order chi connectivity index (χ1) is 11.7. The number of hydrogen-bond donors (Lipinski definition) is 1. The van der Waals surface area contributed by atoms with Gasteiger partial charge in [-0.2, -0.15) is 0 Å². The average molecular weight is 403 g/mol. The SMILES string of the molecule is COc1ccc(NC(=O)CN(c2ccc(Cl)c(Cl)c2)S(C)(=O)=O)cc1.